The summed E-state index contributed by atoms with van der Waals surface area (Å²) in [7, 11) is 0. The third-order valence-electron chi connectivity index (χ3n) is 5.10. The van der Waals surface area contributed by atoms with Crippen molar-refractivity contribution < 1.29 is 14.3 Å². The van der Waals surface area contributed by atoms with Gasteiger partial charge >= 0.3 is 0 Å². The Balaban J connectivity index is 1.48. The van der Waals surface area contributed by atoms with E-state index in [2.05, 4.69) is 10.4 Å². The largest absolute Gasteiger partial charge is 0.494 e. The zero-order valence-electron chi connectivity index (χ0n) is 18.4. The molecule has 33 heavy (non-hydrogen) atoms. The van der Waals surface area contributed by atoms with E-state index >= 15 is 0 Å². The molecule has 1 heterocycles. The van der Waals surface area contributed by atoms with Crippen molar-refractivity contribution in [3.63, 3.8) is 0 Å². The lowest BCUT2D eigenvalue weighted by Gasteiger charge is -2.08. The third kappa shape index (κ3) is 5.54. The average molecular weight is 440 g/mol. The van der Waals surface area contributed by atoms with Crippen LogP contribution < -0.4 is 10.1 Å². The van der Waals surface area contributed by atoms with Gasteiger partial charge in [0.25, 0.3) is 0 Å². The molecule has 1 N–H and O–H groups in total. The number of ether oxygens (including phenoxy) is 1. The molecule has 6 nitrogen and oxygen atoms in total. The van der Waals surface area contributed by atoms with Crippen LogP contribution in [0.2, 0.25) is 0 Å². The summed E-state index contributed by atoms with van der Waals surface area (Å²) in [6, 6.07) is 28.4. The summed E-state index contributed by atoms with van der Waals surface area (Å²) in [5.41, 5.74) is 3.88. The molecule has 0 aliphatic carbocycles. The van der Waals surface area contributed by atoms with Crippen molar-refractivity contribution in [1.29, 1.82) is 0 Å². The van der Waals surface area contributed by atoms with Crippen LogP contribution >= 0.6 is 0 Å². The number of anilines is 1. The first-order valence-corrected chi connectivity index (χ1v) is 10.9. The predicted octanol–water partition coefficient (Wildman–Crippen LogP) is 5.67. The Kier molecular flexibility index (Phi) is 6.95. The van der Waals surface area contributed by atoms with Crippen molar-refractivity contribution in [2.75, 3.05) is 11.9 Å². The standard InChI is InChI=1S/C27H25N3O3/c1-2-33-23-15-13-22(14-16-23)28-26(31)17-18-27(32)30-25(21-11-7-4-8-12-21)19-24(29-30)20-9-5-3-6-10-20/h3-16,19H,2,17-18H2,1H3,(H,28,31). The highest BCUT2D eigenvalue weighted by atomic mass is 16.5. The lowest BCUT2D eigenvalue weighted by Crippen LogP contribution is -2.18. The van der Waals surface area contributed by atoms with Gasteiger partial charge in [-0.1, -0.05) is 60.7 Å². The fraction of sp³-hybridized carbons (Fsp3) is 0.148. The van der Waals surface area contributed by atoms with E-state index in [-0.39, 0.29) is 24.7 Å². The molecule has 0 saturated heterocycles. The van der Waals surface area contributed by atoms with E-state index in [1.165, 1.54) is 4.68 Å². The molecule has 0 bridgehead atoms. The number of amides is 1. The molecule has 0 unspecified atom stereocenters. The zero-order valence-corrected chi connectivity index (χ0v) is 18.4. The van der Waals surface area contributed by atoms with Crippen molar-refractivity contribution in [3.8, 4) is 28.3 Å². The lowest BCUT2D eigenvalue weighted by atomic mass is 10.1. The molecule has 1 amide bonds. The second-order valence-corrected chi connectivity index (χ2v) is 7.46. The Morgan fingerprint density at radius 1 is 0.848 bits per heavy atom. The molecular weight excluding hydrogens is 414 g/mol. The van der Waals surface area contributed by atoms with E-state index in [0.29, 0.717) is 23.7 Å². The fourth-order valence-electron chi connectivity index (χ4n) is 3.49. The SMILES string of the molecule is CCOc1ccc(NC(=O)CCC(=O)n2nc(-c3ccccc3)cc2-c2ccccc2)cc1. The van der Waals surface area contributed by atoms with Gasteiger partial charge in [0, 0.05) is 29.7 Å². The molecule has 0 saturated carbocycles. The van der Waals surface area contributed by atoms with Gasteiger partial charge in [-0.3, -0.25) is 9.59 Å². The Labute approximate surface area is 192 Å². The number of nitrogens with zero attached hydrogens (tertiary/aromatic N) is 2. The second-order valence-electron chi connectivity index (χ2n) is 7.46. The first kappa shape index (κ1) is 22.0. The van der Waals surface area contributed by atoms with Gasteiger partial charge < -0.3 is 10.1 Å². The molecule has 0 radical (unpaired) electrons. The van der Waals surface area contributed by atoms with Crippen molar-refractivity contribution >= 4 is 17.5 Å². The van der Waals surface area contributed by atoms with Gasteiger partial charge in [-0.25, -0.2) is 0 Å². The van der Waals surface area contributed by atoms with E-state index in [0.717, 1.165) is 16.9 Å². The van der Waals surface area contributed by atoms with E-state index in [1.54, 1.807) is 24.3 Å². The first-order chi connectivity index (χ1) is 16.1. The molecular formula is C27H25N3O3. The van der Waals surface area contributed by atoms with Crippen LogP contribution in [0.15, 0.2) is 91.0 Å². The van der Waals surface area contributed by atoms with Crippen LogP contribution in [0.5, 0.6) is 5.75 Å². The molecule has 3 aromatic carbocycles. The number of nitrogens with one attached hydrogen (secondary N) is 1. The molecule has 4 rings (SSSR count). The van der Waals surface area contributed by atoms with E-state index in [4.69, 9.17) is 4.74 Å². The van der Waals surface area contributed by atoms with Crippen LogP contribution in [-0.4, -0.2) is 28.2 Å². The minimum Gasteiger partial charge on any atom is -0.494 e. The highest BCUT2D eigenvalue weighted by Crippen LogP contribution is 2.26. The van der Waals surface area contributed by atoms with Crippen LogP contribution in [0.25, 0.3) is 22.5 Å². The summed E-state index contributed by atoms with van der Waals surface area (Å²) in [5, 5.41) is 7.39. The van der Waals surface area contributed by atoms with Crippen LogP contribution in [0.1, 0.15) is 24.6 Å². The average Bonchev–Trinajstić information content (AvgIpc) is 3.31. The quantitative estimate of drug-likeness (QED) is 0.384. The van der Waals surface area contributed by atoms with Crippen LogP contribution in [0, 0.1) is 0 Å². The number of hydrogen-bond acceptors (Lipinski definition) is 4. The fourth-order valence-corrected chi connectivity index (χ4v) is 3.49. The van der Waals surface area contributed by atoms with Crippen molar-refractivity contribution in [2.24, 2.45) is 0 Å². The highest BCUT2D eigenvalue weighted by molar-refractivity contribution is 5.94. The normalized spacial score (nSPS) is 10.6. The lowest BCUT2D eigenvalue weighted by molar-refractivity contribution is -0.116. The molecule has 6 heteroatoms. The number of benzene rings is 3. The van der Waals surface area contributed by atoms with Crippen molar-refractivity contribution in [2.45, 2.75) is 19.8 Å². The van der Waals surface area contributed by atoms with Gasteiger partial charge in [0.15, 0.2) is 0 Å². The zero-order chi connectivity index (χ0) is 23.0. The number of hydrogen-bond donors (Lipinski definition) is 1. The van der Waals surface area contributed by atoms with E-state index in [1.807, 2.05) is 73.7 Å². The smallest absolute Gasteiger partial charge is 0.247 e. The Morgan fingerprint density at radius 3 is 2.12 bits per heavy atom. The van der Waals surface area contributed by atoms with E-state index < -0.39 is 0 Å². The van der Waals surface area contributed by atoms with Crippen LogP contribution in [0.4, 0.5) is 5.69 Å². The Morgan fingerprint density at radius 2 is 1.48 bits per heavy atom. The van der Waals surface area contributed by atoms with Crippen molar-refractivity contribution in [3.05, 3.63) is 91.0 Å². The Bertz CT molecular complexity index is 1220. The van der Waals surface area contributed by atoms with E-state index in [9.17, 15) is 9.59 Å². The molecule has 0 fully saturated rings. The maximum atomic E-state index is 13.1. The Hall–Kier alpha value is -4.19. The van der Waals surface area contributed by atoms with Crippen LogP contribution in [-0.2, 0) is 4.79 Å². The molecule has 0 spiro atoms. The van der Waals surface area contributed by atoms with Crippen LogP contribution in [0.3, 0.4) is 0 Å². The van der Waals surface area contributed by atoms with Gasteiger partial charge in [-0.15, -0.1) is 0 Å². The summed E-state index contributed by atoms with van der Waals surface area (Å²) in [6.45, 7) is 2.50. The molecule has 0 atom stereocenters. The number of aromatic nitrogens is 2. The second kappa shape index (κ2) is 10.4. The van der Waals surface area contributed by atoms with Gasteiger partial charge in [0.1, 0.15) is 5.75 Å². The summed E-state index contributed by atoms with van der Waals surface area (Å²) >= 11 is 0. The van der Waals surface area contributed by atoms with Gasteiger partial charge in [0.05, 0.1) is 18.0 Å². The summed E-state index contributed by atoms with van der Waals surface area (Å²) in [4.78, 5) is 25.5. The minimum atomic E-state index is -0.238. The molecule has 0 aliphatic rings. The van der Waals surface area contributed by atoms with Gasteiger partial charge in [-0.05, 0) is 37.3 Å². The molecule has 0 aliphatic heterocycles. The minimum absolute atomic E-state index is 0.0403. The predicted molar refractivity (Wildman–Crippen MR) is 129 cm³/mol. The number of carbonyl (C=O) groups excluding carboxylic acids is 2. The summed E-state index contributed by atoms with van der Waals surface area (Å²) in [6.07, 6.45) is 0.0966. The topological polar surface area (TPSA) is 73.2 Å². The van der Waals surface area contributed by atoms with Gasteiger partial charge in [0.2, 0.25) is 11.8 Å². The maximum absolute atomic E-state index is 13.1. The van der Waals surface area contributed by atoms with Crippen molar-refractivity contribution in [1.82, 2.24) is 9.78 Å². The van der Waals surface area contributed by atoms with Gasteiger partial charge in [-0.2, -0.15) is 9.78 Å². The monoisotopic (exact) mass is 439 g/mol. The number of rotatable bonds is 8. The third-order valence-corrected chi connectivity index (χ3v) is 5.10. The molecule has 1 aromatic heterocycles. The molecule has 4 aromatic rings. The molecule has 166 valence electrons. The maximum Gasteiger partial charge on any atom is 0.247 e. The number of carbonyl (C=O) groups is 2. The first-order valence-electron chi connectivity index (χ1n) is 10.9. The summed E-state index contributed by atoms with van der Waals surface area (Å²) in [5.74, 6) is 0.272. The summed E-state index contributed by atoms with van der Waals surface area (Å²) < 4.78 is 6.81. The highest BCUT2D eigenvalue weighted by Gasteiger charge is 2.18.